The Kier molecular flexibility index (Phi) is 7.06. The summed E-state index contributed by atoms with van der Waals surface area (Å²) in [6.07, 6.45) is 1.53. The zero-order valence-electron chi connectivity index (χ0n) is 17.1. The zero-order chi connectivity index (χ0) is 22.4. The van der Waals surface area contributed by atoms with Gasteiger partial charge in [-0.2, -0.15) is 4.31 Å². The number of benzene rings is 2. The lowest BCUT2D eigenvalue weighted by atomic mass is 10.1. The van der Waals surface area contributed by atoms with Crippen molar-refractivity contribution in [2.45, 2.75) is 30.8 Å². The SMILES string of the molecule is COc1ccc(S(=O)(=O)N(Cc2ccccc2)C(Cc2cnc(C)[nH]2)C(=O)NO)cc1. The predicted molar refractivity (Wildman–Crippen MR) is 113 cm³/mol. The van der Waals surface area contributed by atoms with Crippen molar-refractivity contribution in [3.05, 3.63) is 77.9 Å². The average molecular weight is 445 g/mol. The maximum Gasteiger partial charge on any atom is 0.262 e. The Morgan fingerprint density at radius 3 is 2.42 bits per heavy atom. The number of nitrogens with one attached hydrogen (secondary N) is 2. The second-order valence-electron chi connectivity index (χ2n) is 6.90. The number of H-pyrrole nitrogens is 1. The molecule has 0 saturated heterocycles. The summed E-state index contributed by atoms with van der Waals surface area (Å²) < 4.78 is 33.4. The number of methoxy groups -OCH3 is 1. The Morgan fingerprint density at radius 2 is 1.87 bits per heavy atom. The monoisotopic (exact) mass is 444 g/mol. The molecule has 3 N–H and O–H groups in total. The van der Waals surface area contributed by atoms with Crippen molar-refractivity contribution in [1.29, 1.82) is 0 Å². The van der Waals surface area contributed by atoms with E-state index in [0.717, 1.165) is 4.31 Å². The van der Waals surface area contributed by atoms with Gasteiger partial charge < -0.3 is 9.72 Å². The van der Waals surface area contributed by atoms with Crippen LogP contribution in [-0.2, 0) is 27.8 Å². The Bertz CT molecular complexity index is 1110. The number of hydrogen-bond donors (Lipinski definition) is 3. The van der Waals surface area contributed by atoms with Gasteiger partial charge in [0, 0.05) is 24.9 Å². The first-order chi connectivity index (χ1) is 14.8. The third-order valence-corrected chi connectivity index (χ3v) is 6.65. The van der Waals surface area contributed by atoms with Crippen LogP contribution in [0.5, 0.6) is 5.75 Å². The van der Waals surface area contributed by atoms with Crippen LogP contribution < -0.4 is 10.2 Å². The number of imidazole rings is 1. The van der Waals surface area contributed by atoms with Crippen LogP contribution in [0.25, 0.3) is 0 Å². The van der Waals surface area contributed by atoms with Gasteiger partial charge in [0.25, 0.3) is 5.91 Å². The number of sulfonamides is 1. The highest BCUT2D eigenvalue weighted by Gasteiger charge is 2.36. The summed E-state index contributed by atoms with van der Waals surface area (Å²) in [6, 6.07) is 13.6. The third-order valence-electron chi connectivity index (χ3n) is 4.78. The summed E-state index contributed by atoms with van der Waals surface area (Å²) in [5, 5.41) is 9.34. The maximum absolute atomic E-state index is 13.6. The van der Waals surface area contributed by atoms with E-state index in [0.29, 0.717) is 22.8 Å². The number of rotatable bonds is 9. The smallest absolute Gasteiger partial charge is 0.262 e. The fraction of sp³-hybridized carbons (Fsp3) is 0.238. The lowest BCUT2D eigenvalue weighted by Gasteiger charge is -2.29. The summed E-state index contributed by atoms with van der Waals surface area (Å²) in [4.78, 5) is 19.7. The first-order valence-corrected chi connectivity index (χ1v) is 10.9. The number of aromatic nitrogens is 2. The summed E-state index contributed by atoms with van der Waals surface area (Å²) >= 11 is 0. The van der Waals surface area contributed by atoms with E-state index in [-0.39, 0.29) is 17.9 Å². The molecule has 0 saturated carbocycles. The van der Waals surface area contributed by atoms with Crippen molar-refractivity contribution < 1.29 is 23.2 Å². The van der Waals surface area contributed by atoms with Crippen LogP contribution in [0.1, 0.15) is 17.1 Å². The molecule has 1 amide bonds. The maximum atomic E-state index is 13.6. The van der Waals surface area contributed by atoms with Gasteiger partial charge in [-0.25, -0.2) is 18.9 Å². The molecule has 0 radical (unpaired) electrons. The minimum Gasteiger partial charge on any atom is -0.497 e. The standard InChI is InChI=1S/C21H24N4O5S/c1-15-22-13-17(23-15)12-20(21(26)24-27)25(14-16-6-4-3-5-7-16)31(28,29)19-10-8-18(30-2)9-11-19/h3-11,13,20,27H,12,14H2,1-2H3,(H,22,23)(H,24,26). The molecular formula is C21H24N4O5S. The fourth-order valence-corrected chi connectivity index (χ4v) is 4.77. The highest BCUT2D eigenvalue weighted by atomic mass is 32.2. The summed E-state index contributed by atoms with van der Waals surface area (Å²) in [7, 11) is -2.64. The van der Waals surface area contributed by atoms with E-state index in [1.807, 2.05) is 6.07 Å². The van der Waals surface area contributed by atoms with E-state index >= 15 is 0 Å². The molecule has 1 atom stereocenters. The van der Waals surface area contributed by atoms with Crippen LogP contribution in [0.15, 0.2) is 65.7 Å². The minimum absolute atomic E-state index is 0.000706. The quantitative estimate of drug-likeness (QED) is 0.343. The molecule has 0 aliphatic rings. The number of nitrogens with zero attached hydrogens (tertiary/aromatic N) is 2. The van der Waals surface area contributed by atoms with Crippen LogP contribution in [-0.4, -0.2) is 47.0 Å². The van der Waals surface area contributed by atoms with Gasteiger partial charge in [0.15, 0.2) is 0 Å². The average Bonchev–Trinajstić information content (AvgIpc) is 3.21. The Hall–Kier alpha value is -3.21. The van der Waals surface area contributed by atoms with E-state index in [9.17, 15) is 18.4 Å². The lowest BCUT2D eigenvalue weighted by molar-refractivity contribution is -0.133. The van der Waals surface area contributed by atoms with Crippen molar-refractivity contribution in [2.75, 3.05) is 7.11 Å². The molecule has 0 bridgehead atoms. The molecule has 164 valence electrons. The van der Waals surface area contributed by atoms with E-state index in [2.05, 4.69) is 9.97 Å². The van der Waals surface area contributed by atoms with Gasteiger partial charge >= 0.3 is 0 Å². The van der Waals surface area contributed by atoms with E-state index in [1.54, 1.807) is 36.7 Å². The molecule has 1 aromatic heterocycles. The number of amides is 1. The second kappa shape index (κ2) is 9.73. The molecule has 0 fully saturated rings. The number of carbonyl (C=O) groups excluding carboxylic acids is 1. The lowest BCUT2D eigenvalue weighted by Crippen LogP contribution is -2.49. The van der Waals surface area contributed by atoms with Crippen molar-refractivity contribution in [3.63, 3.8) is 0 Å². The van der Waals surface area contributed by atoms with E-state index in [4.69, 9.17) is 4.74 Å². The van der Waals surface area contributed by atoms with Gasteiger partial charge in [0.2, 0.25) is 10.0 Å². The molecule has 31 heavy (non-hydrogen) atoms. The number of hydroxylamine groups is 1. The molecule has 3 rings (SSSR count). The van der Waals surface area contributed by atoms with Crippen molar-refractivity contribution in [2.24, 2.45) is 0 Å². The largest absolute Gasteiger partial charge is 0.497 e. The molecule has 0 aliphatic heterocycles. The van der Waals surface area contributed by atoms with Crippen molar-refractivity contribution in [1.82, 2.24) is 19.8 Å². The fourth-order valence-electron chi connectivity index (χ4n) is 3.19. The molecule has 10 heteroatoms. The third kappa shape index (κ3) is 5.29. The topological polar surface area (TPSA) is 125 Å². The zero-order valence-corrected chi connectivity index (χ0v) is 18.0. The van der Waals surface area contributed by atoms with Gasteiger partial charge in [-0.15, -0.1) is 0 Å². The Morgan fingerprint density at radius 1 is 1.19 bits per heavy atom. The number of aryl methyl sites for hydroxylation is 1. The molecular weight excluding hydrogens is 420 g/mol. The minimum atomic E-state index is -4.12. The van der Waals surface area contributed by atoms with Gasteiger partial charge in [-0.05, 0) is 36.8 Å². The Labute approximate surface area is 180 Å². The molecule has 9 nitrogen and oxygen atoms in total. The van der Waals surface area contributed by atoms with Gasteiger partial charge in [-0.3, -0.25) is 10.0 Å². The highest BCUT2D eigenvalue weighted by molar-refractivity contribution is 7.89. The number of carbonyl (C=O) groups is 1. The first kappa shape index (κ1) is 22.5. The summed E-state index contributed by atoms with van der Waals surface area (Å²) in [5.41, 5.74) is 2.86. The molecule has 2 aromatic carbocycles. The van der Waals surface area contributed by atoms with E-state index in [1.165, 1.54) is 37.6 Å². The highest BCUT2D eigenvalue weighted by Crippen LogP contribution is 2.25. The number of hydrogen-bond acceptors (Lipinski definition) is 6. The first-order valence-electron chi connectivity index (χ1n) is 9.49. The molecule has 0 spiro atoms. The van der Waals surface area contributed by atoms with Gasteiger partial charge in [-0.1, -0.05) is 30.3 Å². The van der Waals surface area contributed by atoms with Gasteiger partial charge in [0.1, 0.15) is 17.6 Å². The van der Waals surface area contributed by atoms with Crippen molar-refractivity contribution in [3.8, 4) is 5.75 Å². The number of ether oxygens (including phenoxy) is 1. The molecule has 1 heterocycles. The summed E-state index contributed by atoms with van der Waals surface area (Å²) in [5.74, 6) is 0.289. The molecule has 0 aliphatic carbocycles. The Balaban J connectivity index is 2.06. The van der Waals surface area contributed by atoms with Crippen LogP contribution >= 0.6 is 0 Å². The van der Waals surface area contributed by atoms with E-state index < -0.39 is 22.0 Å². The molecule has 1 unspecified atom stereocenters. The van der Waals surface area contributed by atoms with Gasteiger partial charge in [0.05, 0.1) is 12.0 Å². The van der Waals surface area contributed by atoms with Crippen LogP contribution in [0, 0.1) is 6.92 Å². The summed E-state index contributed by atoms with van der Waals surface area (Å²) in [6.45, 7) is 1.68. The van der Waals surface area contributed by atoms with Crippen LogP contribution in [0.2, 0.25) is 0 Å². The van der Waals surface area contributed by atoms with Crippen LogP contribution in [0.3, 0.4) is 0 Å². The molecule has 3 aromatic rings. The normalized spacial score (nSPS) is 12.5. The van der Waals surface area contributed by atoms with Crippen molar-refractivity contribution >= 4 is 15.9 Å². The number of aromatic amines is 1. The predicted octanol–water partition coefficient (Wildman–Crippen LogP) is 2.03. The second-order valence-corrected chi connectivity index (χ2v) is 8.79. The van der Waals surface area contributed by atoms with Crippen LogP contribution in [0.4, 0.5) is 0 Å².